The number of hydrogen-bond acceptors (Lipinski definition) is 3. The average molecular weight is 375 g/mol. The maximum absolute atomic E-state index is 12.5. The largest absolute Gasteiger partial charge is 0.573 e. The summed E-state index contributed by atoms with van der Waals surface area (Å²) in [6.45, 7) is 0.312. The standard InChI is InChI=1S/C19H16F3N3O2/c1-24(12-14-11-23-25(13-14)16-5-3-2-4-6-16)18(26)15-7-9-17(10-8-15)27-19(20,21)22/h2-11,13H,12H2,1H3. The summed E-state index contributed by atoms with van der Waals surface area (Å²) in [5.74, 6) is -0.688. The van der Waals surface area contributed by atoms with Crippen molar-refractivity contribution in [3.63, 3.8) is 0 Å². The summed E-state index contributed by atoms with van der Waals surface area (Å²) >= 11 is 0. The van der Waals surface area contributed by atoms with Crippen molar-refractivity contribution >= 4 is 5.91 Å². The summed E-state index contributed by atoms with van der Waals surface area (Å²) in [5, 5.41) is 4.27. The minimum atomic E-state index is -4.76. The fourth-order valence-electron chi connectivity index (χ4n) is 2.53. The number of carbonyl (C=O) groups is 1. The number of rotatable bonds is 5. The third kappa shape index (κ3) is 4.87. The molecule has 0 radical (unpaired) electrons. The molecule has 0 aliphatic carbocycles. The molecule has 0 atom stereocenters. The van der Waals surface area contributed by atoms with Gasteiger partial charge in [-0.2, -0.15) is 5.10 Å². The summed E-state index contributed by atoms with van der Waals surface area (Å²) in [4.78, 5) is 13.9. The molecule has 0 unspecified atom stereocenters. The highest BCUT2D eigenvalue weighted by molar-refractivity contribution is 5.94. The van der Waals surface area contributed by atoms with Gasteiger partial charge in [0.15, 0.2) is 0 Å². The van der Waals surface area contributed by atoms with Crippen molar-refractivity contribution in [3.05, 3.63) is 78.1 Å². The van der Waals surface area contributed by atoms with Crippen molar-refractivity contribution in [2.24, 2.45) is 0 Å². The van der Waals surface area contributed by atoms with Gasteiger partial charge in [-0.1, -0.05) is 18.2 Å². The first-order valence-electron chi connectivity index (χ1n) is 8.02. The van der Waals surface area contributed by atoms with Crippen LogP contribution in [0.3, 0.4) is 0 Å². The number of carbonyl (C=O) groups excluding carboxylic acids is 1. The van der Waals surface area contributed by atoms with E-state index in [-0.39, 0.29) is 17.2 Å². The normalized spacial score (nSPS) is 11.3. The van der Waals surface area contributed by atoms with Gasteiger partial charge in [0.25, 0.3) is 5.91 Å². The second-order valence-electron chi connectivity index (χ2n) is 5.86. The highest BCUT2D eigenvalue weighted by Crippen LogP contribution is 2.23. The van der Waals surface area contributed by atoms with E-state index in [2.05, 4.69) is 9.84 Å². The van der Waals surface area contributed by atoms with E-state index in [4.69, 9.17) is 0 Å². The van der Waals surface area contributed by atoms with Crippen LogP contribution in [0.25, 0.3) is 5.69 Å². The maximum atomic E-state index is 12.5. The quantitative estimate of drug-likeness (QED) is 0.676. The molecule has 5 nitrogen and oxygen atoms in total. The molecule has 27 heavy (non-hydrogen) atoms. The van der Waals surface area contributed by atoms with E-state index in [9.17, 15) is 18.0 Å². The molecule has 0 N–H and O–H groups in total. The molecule has 0 spiro atoms. The number of benzene rings is 2. The molecule has 3 rings (SSSR count). The van der Waals surface area contributed by atoms with Crippen molar-refractivity contribution in [2.75, 3.05) is 7.05 Å². The number of alkyl halides is 3. The Morgan fingerprint density at radius 2 is 1.78 bits per heavy atom. The third-order valence-corrected chi connectivity index (χ3v) is 3.76. The van der Waals surface area contributed by atoms with Crippen molar-refractivity contribution in [3.8, 4) is 11.4 Å². The zero-order chi connectivity index (χ0) is 19.4. The minimum Gasteiger partial charge on any atom is -0.406 e. The Morgan fingerprint density at radius 1 is 1.11 bits per heavy atom. The number of halogens is 3. The van der Waals surface area contributed by atoms with Gasteiger partial charge in [0, 0.05) is 30.9 Å². The predicted octanol–water partition coefficient (Wildman–Crippen LogP) is 4.04. The molecule has 2 aromatic carbocycles. The maximum Gasteiger partial charge on any atom is 0.573 e. The third-order valence-electron chi connectivity index (χ3n) is 3.76. The van der Waals surface area contributed by atoms with Crippen LogP contribution in [0.2, 0.25) is 0 Å². The fourth-order valence-corrected chi connectivity index (χ4v) is 2.53. The van der Waals surface area contributed by atoms with Gasteiger partial charge in [0.05, 0.1) is 11.9 Å². The molecule has 1 heterocycles. The number of para-hydroxylation sites is 1. The Balaban J connectivity index is 1.65. The van der Waals surface area contributed by atoms with Crippen LogP contribution < -0.4 is 4.74 Å². The first-order chi connectivity index (χ1) is 12.8. The van der Waals surface area contributed by atoms with Gasteiger partial charge >= 0.3 is 6.36 Å². The molecule has 140 valence electrons. The zero-order valence-electron chi connectivity index (χ0n) is 14.3. The van der Waals surface area contributed by atoms with Gasteiger partial charge in [0.2, 0.25) is 0 Å². The van der Waals surface area contributed by atoms with Crippen molar-refractivity contribution < 1.29 is 22.7 Å². The molecule has 1 amide bonds. The summed E-state index contributed by atoms with van der Waals surface area (Å²) in [5.41, 5.74) is 1.99. The first kappa shape index (κ1) is 18.5. The number of nitrogens with zero attached hydrogens (tertiary/aromatic N) is 3. The topological polar surface area (TPSA) is 47.4 Å². The van der Waals surface area contributed by atoms with Gasteiger partial charge < -0.3 is 9.64 Å². The minimum absolute atomic E-state index is 0.266. The lowest BCUT2D eigenvalue weighted by molar-refractivity contribution is -0.274. The van der Waals surface area contributed by atoms with E-state index in [1.807, 2.05) is 36.5 Å². The molecule has 0 aliphatic heterocycles. The molecular weight excluding hydrogens is 359 g/mol. The second kappa shape index (κ2) is 7.53. The van der Waals surface area contributed by atoms with E-state index in [0.29, 0.717) is 6.54 Å². The number of amides is 1. The Labute approximate surface area is 153 Å². The highest BCUT2D eigenvalue weighted by Gasteiger charge is 2.31. The monoisotopic (exact) mass is 375 g/mol. The molecule has 0 saturated carbocycles. The molecule has 3 aromatic rings. The smallest absolute Gasteiger partial charge is 0.406 e. The summed E-state index contributed by atoms with van der Waals surface area (Å²) in [6.07, 6.45) is -1.28. The van der Waals surface area contributed by atoms with Gasteiger partial charge in [-0.15, -0.1) is 13.2 Å². The SMILES string of the molecule is CN(Cc1cnn(-c2ccccc2)c1)C(=O)c1ccc(OC(F)(F)F)cc1. The van der Waals surface area contributed by atoms with Gasteiger partial charge in [0.1, 0.15) is 5.75 Å². The van der Waals surface area contributed by atoms with Crippen LogP contribution in [0.4, 0.5) is 13.2 Å². The molecule has 0 saturated heterocycles. The van der Waals surface area contributed by atoms with E-state index in [0.717, 1.165) is 23.4 Å². The van der Waals surface area contributed by atoms with Crippen LogP contribution >= 0.6 is 0 Å². The molecule has 0 aliphatic rings. The first-order valence-corrected chi connectivity index (χ1v) is 8.02. The average Bonchev–Trinajstić information content (AvgIpc) is 3.09. The summed E-state index contributed by atoms with van der Waals surface area (Å²) in [6, 6.07) is 14.4. The van der Waals surface area contributed by atoms with Crippen LogP contribution in [0.5, 0.6) is 5.75 Å². The second-order valence-corrected chi connectivity index (χ2v) is 5.86. The Kier molecular flexibility index (Phi) is 5.16. The van der Waals surface area contributed by atoms with Crippen LogP contribution in [-0.4, -0.2) is 34.0 Å². The zero-order valence-corrected chi connectivity index (χ0v) is 14.3. The van der Waals surface area contributed by atoms with Gasteiger partial charge in [-0.3, -0.25) is 4.79 Å². The molecule has 0 bridgehead atoms. The highest BCUT2D eigenvalue weighted by atomic mass is 19.4. The lowest BCUT2D eigenvalue weighted by Gasteiger charge is -2.16. The van der Waals surface area contributed by atoms with Crippen molar-refractivity contribution in [1.82, 2.24) is 14.7 Å². The van der Waals surface area contributed by atoms with Crippen molar-refractivity contribution in [1.29, 1.82) is 0 Å². The fraction of sp³-hybridized carbons (Fsp3) is 0.158. The Bertz CT molecular complexity index is 906. The Morgan fingerprint density at radius 3 is 2.41 bits per heavy atom. The van der Waals surface area contributed by atoms with E-state index in [1.165, 1.54) is 17.0 Å². The molecular formula is C19H16F3N3O2. The lowest BCUT2D eigenvalue weighted by Crippen LogP contribution is -2.26. The lowest BCUT2D eigenvalue weighted by atomic mass is 10.2. The van der Waals surface area contributed by atoms with Crippen molar-refractivity contribution in [2.45, 2.75) is 12.9 Å². The molecule has 1 aromatic heterocycles. The molecule has 8 heteroatoms. The van der Waals surface area contributed by atoms with E-state index < -0.39 is 6.36 Å². The van der Waals surface area contributed by atoms with E-state index in [1.54, 1.807) is 17.9 Å². The summed E-state index contributed by atoms with van der Waals surface area (Å²) < 4.78 is 42.1. The van der Waals surface area contributed by atoms with Gasteiger partial charge in [-0.05, 0) is 36.4 Å². The van der Waals surface area contributed by atoms with Crippen LogP contribution in [0, 0.1) is 0 Å². The van der Waals surface area contributed by atoms with Crippen LogP contribution in [0.15, 0.2) is 67.0 Å². The van der Waals surface area contributed by atoms with E-state index >= 15 is 0 Å². The number of ether oxygens (including phenoxy) is 1. The number of hydrogen-bond donors (Lipinski definition) is 0. The predicted molar refractivity (Wildman–Crippen MR) is 92.5 cm³/mol. The Hall–Kier alpha value is -3.29. The number of aromatic nitrogens is 2. The summed E-state index contributed by atoms with van der Waals surface area (Å²) in [7, 11) is 1.61. The van der Waals surface area contributed by atoms with Gasteiger partial charge in [-0.25, -0.2) is 4.68 Å². The van der Waals surface area contributed by atoms with Crippen LogP contribution in [0.1, 0.15) is 15.9 Å². The van der Waals surface area contributed by atoms with Crippen LogP contribution in [-0.2, 0) is 6.54 Å². The molecule has 0 fully saturated rings.